The lowest BCUT2D eigenvalue weighted by Gasteiger charge is -2.14. The van der Waals surface area contributed by atoms with Crippen LogP contribution in [0.3, 0.4) is 0 Å². The van der Waals surface area contributed by atoms with Gasteiger partial charge in [-0.15, -0.1) is 0 Å². The summed E-state index contributed by atoms with van der Waals surface area (Å²) in [7, 11) is 0. The van der Waals surface area contributed by atoms with E-state index in [9.17, 15) is 4.79 Å². The molecule has 2 N–H and O–H groups in total. The zero-order valence-corrected chi connectivity index (χ0v) is 12.3. The smallest absolute Gasteiger partial charge is 0.267 e. The topological polar surface area (TPSA) is 49.3 Å². The minimum absolute atomic E-state index is 0.420. The Morgan fingerprint density at radius 1 is 1.33 bits per heavy atom. The van der Waals surface area contributed by atoms with Crippen LogP contribution in [0.25, 0.3) is 0 Å². The summed E-state index contributed by atoms with van der Waals surface area (Å²) in [5.41, 5.74) is 1.05. The molecule has 1 amide bonds. The quantitative estimate of drug-likeness (QED) is 0.838. The minimum atomic E-state index is -1.85. The Morgan fingerprint density at radius 3 is 2.28 bits per heavy atom. The maximum absolute atomic E-state index is 11.2. The first-order valence-corrected chi connectivity index (χ1v) is 6.59. The molecule has 18 heavy (non-hydrogen) atoms. The molecule has 0 aliphatic carbocycles. The average Bonchev–Trinajstić information content (AvgIpc) is 2.33. The van der Waals surface area contributed by atoms with Gasteiger partial charge in [0.05, 0.1) is 0 Å². The molecule has 102 valence electrons. The van der Waals surface area contributed by atoms with E-state index in [1.54, 1.807) is 12.1 Å². The Labute approximate surface area is 118 Å². The third-order valence-corrected chi connectivity index (χ3v) is 2.45. The van der Waals surface area contributed by atoms with Crippen LogP contribution < -0.4 is 5.32 Å². The Bertz CT molecular complexity index is 358. The van der Waals surface area contributed by atoms with Crippen LogP contribution in [-0.2, 0) is 11.2 Å². The summed E-state index contributed by atoms with van der Waals surface area (Å²) in [6.45, 7) is 5.65. The molecule has 5 heteroatoms. The molecule has 0 spiro atoms. The van der Waals surface area contributed by atoms with Gasteiger partial charge in [0.15, 0.2) is 0 Å². The van der Waals surface area contributed by atoms with Gasteiger partial charge in [-0.05, 0) is 31.0 Å². The lowest BCUT2D eigenvalue weighted by molar-refractivity contribution is -0.131. The Balaban J connectivity index is 0.00000137. The van der Waals surface area contributed by atoms with E-state index in [0.717, 1.165) is 5.56 Å². The van der Waals surface area contributed by atoms with Gasteiger partial charge in [-0.1, -0.05) is 49.2 Å². The van der Waals surface area contributed by atoms with Crippen molar-refractivity contribution in [3.8, 4) is 0 Å². The second kappa shape index (κ2) is 8.35. The van der Waals surface area contributed by atoms with E-state index in [1.165, 1.54) is 6.92 Å². The number of alkyl halides is 1. The number of nitrogens with one attached hydrogen (secondary N) is 1. The molecule has 0 saturated heterocycles. The first-order chi connectivity index (χ1) is 8.39. The van der Waals surface area contributed by atoms with Gasteiger partial charge < -0.3 is 10.4 Å². The van der Waals surface area contributed by atoms with Crippen LogP contribution in [0.5, 0.6) is 0 Å². The third kappa shape index (κ3) is 6.84. The highest BCUT2D eigenvalue weighted by Gasteiger charge is 2.25. The average molecular weight is 292 g/mol. The van der Waals surface area contributed by atoms with E-state index in [1.807, 2.05) is 26.0 Å². The summed E-state index contributed by atoms with van der Waals surface area (Å²) in [5, 5.41) is 10.5. The Kier molecular flexibility index (Phi) is 8.00. The molecular formula is C13H19Cl2NO2. The highest BCUT2D eigenvalue weighted by molar-refractivity contribution is 6.33. The van der Waals surface area contributed by atoms with Crippen molar-refractivity contribution in [2.24, 2.45) is 0 Å². The lowest BCUT2D eigenvalue weighted by Crippen LogP contribution is -2.40. The number of hydrogen-bond donors (Lipinski definition) is 2. The minimum Gasteiger partial charge on any atom is -0.367 e. The van der Waals surface area contributed by atoms with Crippen LogP contribution in [0.4, 0.5) is 0 Å². The summed E-state index contributed by atoms with van der Waals surface area (Å²) < 4.78 is 0. The highest BCUT2D eigenvalue weighted by atomic mass is 35.5. The highest BCUT2D eigenvalue weighted by Crippen LogP contribution is 2.10. The molecule has 0 fully saturated rings. The fraction of sp³-hybridized carbons (Fsp3) is 0.462. The second-order valence-electron chi connectivity index (χ2n) is 3.59. The first kappa shape index (κ1) is 17.2. The van der Waals surface area contributed by atoms with Crippen LogP contribution in [0.15, 0.2) is 24.3 Å². The maximum Gasteiger partial charge on any atom is 0.267 e. The summed E-state index contributed by atoms with van der Waals surface area (Å²) in [5.74, 6) is -0.594. The predicted octanol–water partition coefficient (Wildman–Crippen LogP) is 2.97. The van der Waals surface area contributed by atoms with Crippen molar-refractivity contribution >= 4 is 29.1 Å². The Hall–Kier alpha value is -0.770. The molecule has 0 aliphatic heterocycles. The van der Waals surface area contributed by atoms with Crippen LogP contribution >= 0.6 is 23.2 Å². The summed E-state index contributed by atoms with van der Waals surface area (Å²) in [6, 6.07) is 7.34. The number of rotatable bonds is 4. The number of hydrogen-bond acceptors (Lipinski definition) is 2. The molecule has 0 radical (unpaired) electrons. The number of aliphatic hydroxyl groups is 1. The van der Waals surface area contributed by atoms with Crippen molar-refractivity contribution in [2.45, 2.75) is 32.3 Å². The van der Waals surface area contributed by atoms with Gasteiger partial charge in [0, 0.05) is 11.6 Å². The SMILES string of the molecule is CC.CC(O)(Cl)C(=O)NCCc1ccc(Cl)cc1. The van der Waals surface area contributed by atoms with E-state index in [-0.39, 0.29) is 0 Å². The first-order valence-electron chi connectivity index (χ1n) is 5.83. The Morgan fingerprint density at radius 2 is 1.83 bits per heavy atom. The van der Waals surface area contributed by atoms with Gasteiger partial charge in [0.2, 0.25) is 5.06 Å². The lowest BCUT2D eigenvalue weighted by atomic mass is 10.1. The molecule has 0 aliphatic rings. The molecule has 1 atom stereocenters. The van der Waals surface area contributed by atoms with Crippen molar-refractivity contribution in [3.63, 3.8) is 0 Å². The van der Waals surface area contributed by atoms with Gasteiger partial charge in [0.1, 0.15) is 0 Å². The van der Waals surface area contributed by atoms with Crippen molar-refractivity contribution in [3.05, 3.63) is 34.9 Å². The monoisotopic (exact) mass is 291 g/mol. The number of carbonyl (C=O) groups is 1. The van der Waals surface area contributed by atoms with Crippen molar-refractivity contribution in [1.29, 1.82) is 0 Å². The molecule has 0 heterocycles. The number of carbonyl (C=O) groups excluding carboxylic acids is 1. The van der Waals surface area contributed by atoms with Gasteiger partial charge in [-0.25, -0.2) is 0 Å². The van der Waals surface area contributed by atoms with E-state index in [0.29, 0.717) is 18.0 Å². The summed E-state index contributed by atoms with van der Waals surface area (Å²) >= 11 is 11.1. The fourth-order valence-corrected chi connectivity index (χ4v) is 1.33. The normalized spacial score (nSPS) is 13.0. The van der Waals surface area contributed by atoms with Crippen molar-refractivity contribution in [1.82, 2.24) is 5.32 Å². The molecule has 0 bridgehead atoms. The number of benzene rings is 1. The number of amides is 1. The van der Waals surface area contributed by atoms with Crippen LogP contribution in [0.2, 0.25) is 5.02 Å². The largest absolute Gasteiger partial charge is 0.367 e. The zero-order chi connectivity index (χ0) is 14.2. The zero-order valence-electron chi connectivity index (χ0n) is 10.8. The number of halogens is 2. The van der Waals surface area contributed by atoms with Gasteiger partial charge in [0.25, 0.3) is 5.91 Å². The van der Waals surface area contributed by atoms with Gasteiger partial charge >= 0.3 is 0 Å². The molecule has 0 saturated carbocycles. The van der Waals surface area contributed by atoms with E-state index in [4.69, 9.17) is 28.3 Å². The van der Waals surface area contributed by atoms with E-state index in [2.05, 4.69) is 5.32 Å². The molecule has 1 aromatic rings. The van der Waals surface area contributed by atoms with Crippen molar-refractivity contribution < 1.29 is 9.90 Å². The predicted molar refractivity (Wildman–Crippen MR) is 76.0 cm³/mol. The summed E-state index contributed by atoms with van der Waals surface area (Å²) in [4.78, 5) is 11.2. The standard InChI is InChI=1S/C11H13Cl2NO2.C2H6/c1-11(13,16)10(15)14-7-6-8-2-4-9(12)5-3-8;1-2/h2-5,16H,6-7H2,1H3,(H,14,15);1-2H3. The van der Waals surface area contributed by atoms with Crippen LogP contribution in [0.1, 0.15) is 26.3 Å². The van der Waals surface area contributed by atoms with Crippen molar-refractivity contribution in [2.75, 3.05) is 6.54 Å². The second-order valence-corrected chi connectivity index (χ2v) is 4.76. The van der Waals surface area contributed by atoms with Gasteiger partial charge in [-0.2, -0.15) is 0 Å². The summed E-state index contributed by atoms with van der Waals surface area (Å²) in [6.07, 6.45) is 0.663. The maximum atomic E-state index is 11.2. The van der Waals surface area contributed by atoms with Gasteiger partial charge in [-0.3, -0.25) is 4.79 Å². The van der Waals surface area contributed by atoms with E-state index < -0.39 is 11.0 Å². The molecule has 1 aromatic carbocycles. The van der Waals surface area contributed by atoms with E-state index >= 15 is 0 Å². The molecule has 1 unspecified atom stereocenters. The van der Waals surface area contributed by atoms with Crippen LogP contribution in [0, 0.1) is 0 Å². The molecule has 1 rings (SSSR count). The molecule has 0 aromatic heterocycles. The fourth-order valence-electron chi connectivity index (χ4n) is 1.13. The van der Waals surface area contributed by atoms with Crippen LogP contribution in [-0.4, -0.2) is 22.6 Å². The molecular weight excluding hydrogens is 273 g/mol. The molecule has 3 nitrogen and oxygen atoms in total. The third-order valence-electron chi connectivity index (χ3n) is 2.03.